The third-order valence-corrected chi connectivity index (χ3v) is 5.90. The van der Waals surface area contributed by atoms with E-state index in [-0.39, 0.29) is 11.5 Å². The van der Waals surface area contributed by atoms with Crippen molar-refractivity contribution in [3.8, 4) is 0 Å². The molecule has 1 N–H and O–H groups in total. The number of piperazine rings is 1. The van der Waals surface area contributed by atoms with Crippen LogP contribution in [0.1, 0.15) is 19.4 Å². The number of esters is 2. The van der Waals surface area contributed by atoms with Gasteiger partial charge in [-0.2, -0.15) is 0 Å². The Kier molecular flexibility index (Phi) is 7.12. The van der Waals surface area contributed by atoms with Crippen molar-refractivity contribution in [2.45, 2.75) is 19.6 Å². The molecule has 0 aliphatic carbocycles. The number of ether oxygens (including phenoxy) is 2. The first kappa shape index (κ1) is 24.3. The van der Waals surface area contributed by atoms with E-state index in [4.69, 9.17) is 21.1 Å². The lowest BCUT2D eigenvalue weighted by Crippen LogP contribution is -2.48. The van der Waals surface area contributed by atoms with Crippen LogP contribution in [-0.4, -0.2) is 54.7 Å². The van der Waals surface area contributed by atoms with Gasteiger partial charge < -0.3 is 24.6 Å². The Labute approximate surface area is 208 Å². The minimum atomic E-state index is -1.29. The van der Waals surface area contributed by atoms with Crippen LogP contribution >= 0.6 is 11.6 Å². The monoisotopic (exact) mass is 495 g/mol. The second kappa shape index (κ2) is 10.2. The summed E-state index contributed by atoms with van der Waals surface area (Å²) in [4.78, 5) is 40.6. The first-order valence-corrected chi connectivity index (χ1v) is 11.6. The molecule has 2 heterocycles. The molecule has 9 heteroatoms. The highest BCUT2D eigenvalue weighted by molar-refractivity contribution is 6.33. The summed E-state index contributed by atoms with van der Waals surface area (Å²) in [6.45, 7) is 5.44. The number of carbonyl (C=O) groups is 3. The van der Waals surface area contributed by atoms with Crippen LogP contribution in [0, 0.1) is 0 Å². The van der Waals surface area contributed by atoms with Crippen molar-refractivity contribution in [3.05, 3.63) is 77.0 Å². The standard InChI is InChI=1S/C26H26ClN3O5/c1-26(2)34-24(32)20(25(33)35-26)17-28-19-9-10-22(21(27)16-19)29-12-14-30(15-13-29)23(31)11-8-18-6-4-3-5-7-18/h3-11,16-17,28H,12-15H2,1-2H3. The number of hydrogen-bond acceptors (Lipinski definition) is 7. The highest BCUT2D eigenvalue weighted by Gasteiger charge is 2.39. The molecule has 0 spiro atoms. The van der Waals surface area contributed by atoms with Gasteiger partial charge in [0.15, 0.2) is 5.57 Å². The number of anilines is 2. The maximum Gasteiger partial charge on any atom is 0.350 e. The molecular weight excluding hydrogens is 470 g/mol. The van der Waals surface area contributed by atoms with Crippen LogP contribution in [0.4, 0.5) is 11.4 Å². The molecule has 0 radical (unpaired) electrons. The van der Waals surface area contributed by atoms with E-state index < -0.39 is 17.7 Å². The molecule has 1 amide bonds. The average molecular weight is 496 g/mol. The van der Waals surface area contributed by atoms with Gasteiger partial charge in [-0.3, -0.25) is 4.79 Å². The summed E-state index contributed by atoms with van der Waals surface area (Å²) >= 11 is 6.52. The van der Waals surface area contributed by atoms with Crippen molar-refractivity contribution in [1.82, 2.24) is 4.90 Å². The van der Waals surface area contributed by atoms with Crippen LogP contribution in [0.25, 0.3) is 6.08 Å². The van der Waals surface area contributed by atoms with Crippen LogP contribution in [0.2, 0.25) is 5.02 Å². The highest BCUT2D eigenvalue weighted by Crippen LogP contribution is 2.30. The molecule has 4 rings (SSSR count). The van der Waals surface area contributed by atoms with Crippen molar-refractivity contribution in [2.24, 2.45) is 0 Å². The number of nitrogens with zero attached hydrogens (tertiary/aromatic N) is 2. The quantitative estimate of drug-likeness (QED) is 0.383. The van der Waals surface area contributed by atoms with Crippen molar-refractivity contribution < 1.29 is 23.9 Å². The third kappa shape index (κ3) is 6.02. The van der Waals surface area contributed by atoms with Gasteiger partial charge in [0.1, 0.15) is 0 Å². The van der Waals surface area contributed by atoms with Gasteiger partial charge in [-0.05, 0) is 29.8 Å². The van der Waals surface area contributed by atoms with Gasteiger partial charge in [0, 0.05) is 58.0 Å². The maximum absolute atomic E-state index is 12.5. The van der Waals surface area contributed by atoms with Gasteiger partial charge >= 0.3 is 11.9 Å². The number of cyclic esters (lactones) is 2. The molecule has 2 aromatic rings. The fraction of sp³-hybridized carbons (Fsp3) is 0.269. The van der Waals surface area contributed by atoms with E-state index in [1.165, 1.54) is 20.0 Å². The van der Waals surface area contributed by atoms with Crippen LogP contribution in [-0.2, 0) is 23.9 Å². The molecule has 2 aliphatic heterocycles. The summed E-state index contributed by atoms with van der Waals surface area (Å²) in [7, 11) is 0. The third-order valence-electron chi connectivity index (χ3n) is 5.60. The van der Waals surface area contributed by atoms with Gasteiger partial charge in [0.05, 0.1) is 10.7 Å². The highest BCUT2D eigenvalue weighted by atomic mass is 35.5. The molecular formula is C26H26ClN3O5. The number of rotatable bonds is 5. The number of hydrogen-bond donors (Lipinski definition) is 1. The Morgan fingerprint density at radius 3 is 2.29 bits per heavy atom. The second-order valence-corrected chi connectivity index (χ2v) is 9.01. The van der Waals surface area contributed by atoms with Crippen molar-refractivity contribution >= 4 is 46.9 Å². The van der Waals surface area contributed by atoms with Crippen molar-refractivity contribution in [1.29, 1.82) is 0 Å². The van der Waals surface area contributed by atoms with Crippen molar-refractivity contribution in [2.75, 3.05) is 36.4 Å². The smallest absolute Gasteiger partial charge is 0.350 e. The van der Waals surface area contributed by atoms with Crippen LogP contribution in [0.5, 0.6) is 0 Å². The molecule has 2 aromatic carbocycles. The molecule has 182 valence electrons. The first-order chi connectivity index (χ1) is 16.7. The molecule has 2 saturated heterocycles. The lowest BCUT2D eigenvalue weighted by molar-refractivity contribution is -0.222. The minimum Gasteiger partial charge on any atom is -0.419 e. The minimum absolute atomic E-state index is 0.0182. The number of halogens is 1. The van der Waals surface area contributed by atoms with Gasteiger partial charge in [-0.25, -0.2) is 9.59 Å². The summed E-state index contributed by atoms with van der Waals surface area (Å²) in [6.07, 6.45) is 4.67. The van der Waals surface area contributed by atoms with Crippen molar-refractivity contribution in [3.63, 3.8) is 0 Å². The maximum atomic E-state index is 12.5. The van der Waals surface area contributed by atoms with E-state index in [1.54, 1.807) is 18.2 Å². The normalized spacial score (nSPS) is 17.7. The second-order valence-electron chi connectivity index (χ2n) is 8.60. The number of nitrogens with one attached hydrogen (secondary N) is 1. The summed E-state index contributed by atoms with van der Waals surface area (Å²) in [6, 6.07) is 15.1. The molecule has 0 saturated carbocycles. The lowest BCUT2D eigenvalue weighted by atomic mass is 10.2. The Hall–Kier alpha value is -3.78. The van der Waals surface area contributed by atoms with E-state index in [0.717, 1.165) is 11.3 Å². The number of amides is 1. The zero-order chi connectivity index (χ0) is 25.0. The van der Waals surface area contributed by atoms with Crippen LogP contribution in [0.15, 0.2) is 66.4 Å². The zero-order valence-corrected chi connectivity index (χ0v) is 20.2. The molecule has 35 heavy (non-hydrogen) atoms. The summed E-state index contributed by atoms with van der Waals surface area (Å²) in [5, 5.41) is 3.40. The summed E-state index contributed by atoms with van der Waals surface area (Å²) in [5.74, 6) is -2.82. The first-order valence-electron chi connectivity index (χ1n) is 11.2. The van der Waals surface area contributed by atoms with E-state index in [2.05, 4.69) is 10.2 Å². The van der Waals surface area contributed by atoms with E-state index in [9.17, 15) is 14.4 Å². The molecule has 8 nitrogen and oxygen atoms in total. The molecule has 0 atom stereocenters. The molecule has 2 aliphatic rings. The Morgan fingerprint density at radius 2 is 1.66 bits per heavy atom. The summed E-state index contributed by atoms with van der Waals surface area (Å²) in [5.41, 5.74) is 2.19. The van der Waals surface area contributed by atoms with Crippen LogP contribution < -0.4 is 10.2 Å². The zero-order valence-electron chi connectivity index (χ0n) is 19.5. The lowest BCUT2D eigenvalue weighted by Gasteiger charge is -2.36. The number of carbonyl (C=O) groups excluding carboxylic acids is 3. The SMILES string of the molecule is CC1(C)OC(=O)C(=CNc2ccc(N3CCN(C(=O)C=Cc4ccccc4)CC3)c(Cl)c2)C(=O)O1. The fourth-order valence-corrected chi connectivity index (χ4v) is 4.09. The van der Waals surface area contributed by atoms with E-state index in [0.29, 0.717) is 36.9 Å². The predicted octanol–water partition coefficient (Wildman–Crippen LogP) is 3.83. The Balaban J connectivity index is 1.34. The van der Waals surface area contributed by atoms with Gasteiger partial charge in [0.25, 0.3) is 5.79 Å². The summed E-state index contributed by atoms with van der Waals surface area (Å²) < 4.78 is 10.2. The van der Waals surface area contributed by atoms with E-state index in [1.807, 2.05) is 47.4 Å². The van der Waals surface area contributed by atoms with Gasteiger partial charge in [0.2, 0.25) is 5.91 Å². The topological polar surface area (TPSA) is 88.2 Å². The predicted molar refractivity (Wildman–Crippen MR) is 134 cm³/mol. The Bertz CT molecular complexity index is 1160. The van der Waals surface area contributed by atoms with E-state index >= 15 is 0 Å². The van der Waals surface area contributed by atoms with Gasteiger partial charge in [-0.15, -0.1) is 0 Å². The molecule has 0 bridgehead atoms. The largest absolute Gasteiger partial charge is 0.419 e. The van der Waals surface area contributed by atoms with Gasteiger partial charge in [-0.1, -0.05) is 41.9 Å². The average Bonchev–Trinajstić information content (AvgIpc) is 2.82. The fourth-order valence-electron chi connectivity index (χ4n) is 3.79. The Morgan fingerprint density at radius 1 is 1.00 bits per heavy atom. The molecule has 0 unspecified atom stereocenters. The number of benzene rings is 2. The molecule has 0 aromatic heterocycles. The van der Waals surface area contributed by atoms with Crippen LogP contribution in [0.3, 0.4) is 0 Å². The molecule has 2 fully saturated rings.